The van der Waals surface area contributed by atoms with Gasteiger partial charge in [0.05, 0.1) is 33.9 Å². The molecule has 0 spiro atoms. The first-order chi connectivity index (χ1) is 18.7. The molecule has 0 aromatic heterocycles. The maximum absolute atomic E-state index is 14.0. The van der Waals surface area contributed by atoms with Crippen LogP contribution < -0.4 is 21.3 Å². The Balaban J connectivity index is 1.56. The average Bonchev–Trinajstić information content (AvgIpc) is 3.06. The quantitative estimate of drug-likeness (QED) is 0.359. The van der Waals surface area contributed by atoms with Crippen molar-refractivity contribution in [3.05, 3.63) is 93.0 Å². The molecule has 9 heteroatoms. The molecule has 39 heavy (non-hydrogen) atoms. The summed E-state index contributed by atoms with van der Waals surface area (Å²) in [5.41, 5.74) is 9.67. The standard InChI is InChI=1S/C30H30Cl2N4O3/c1-17-6-8-18(9-7-17)27-16-28(37)34-25-15-19(29(38)35-24-5-3-2-4-23(24)33)11-13-26(25)36(27)30(39)20-10-12-21(31)22(32)14-20/h6-15,23-24,27H,2-5,16,33H2,1H3,(H,34,37)(H,35,38). The smallest absolute Gasteiger partial charge is 0.258 e. The molecule has 0 saturated heterocycles. The Bertz CT molecular complexity index is 1430. The van der Waals surface area contributed by atoms with E-state index in [1.165, 1.54) is 6.07 Å². The molecule has 3 amide bonds. The zero-order valence-corrected chi connectivity index (χ0v) is 23.1. The van der Waals surface area contributed by atoms with Crippen LogP contribution in [0.4, 0.5) is 11.4 Å². The van der Waals surface area contributed by atoms with Gasteiger partial charge in [-0.1, -0.05) is 65.9 Å². The minimum atomic E-state index is -0.589. The fourth-order valence-electron chi connectivity index (χ4n) is 5.29. The molecule has 3 aromatic carbocycles. The number of amides is 3. The Kier molecular flexibility index (Phi) is 7.93. The topological polar surface area (TPSA) is 105 Å². The number of hydrogen-bond acceptors (Lipinski definition) is 4. The first kappa shape index (κ1) is 27.2. The summed E-state index contributed by atoms with van der Waals surface area (Å²) in [7, 11) is 0. The number of rotatable bonds is 4. The van der Waals surface area contributed by atoms with Crippen LogP contribution >= 0.6 is 23.2 Å². The lowest BCUT2D eigenvalue weighted by molar-refractivity contribution is -0.116. The lowest BCUT2D eigenvalue weighted by atomic mass is 9.91. The van der Waals surface area contributed by atoms with Gasteiger partial charge < -0.3 is 16.4 Å². The first-order valence-corrected chi connectivity index (χ1v) is 13.8. The maximum Gasteiger partial charge on any atom is 0.258 e. The number of anilines is 2. The number of fused-ring (bicyclic) bond motifs is 1. The monoisotopic (exact) mass is 564 g/mol. The Morgan fingerprint density at radius 1 is 0.949 bits per heavy atom. The van der Waals surface area contributed by atoms with Crippen molar-refractivity contribution in [3.8, 4) is 0 Å². The van der Waals surface area contributed by atoms with Crippen LogP contribution in [0.25, 0.3) is 0 Å². The van der Waals surface area contributed by atoms with Crippen molar-refractivity contribution in [2.75, 3.05) is 10.2 Å². The van der Waals surface area contributed by atoms with Crippen LogP contribution in [-0.4, -0.2) is 29.8 Å². The zero-order chi connectivity index (χ0) is 27.7. The fraction of sp³-hybridized carbons (Fsp3) is 0.300. The summed E-state index contributed by atoms with van der Waals surface area (Å²) in [6.45, 7) is 1.98. The van der Waals surface area contributed by atoms with Crippen LogP contribution in [0.3, 0.4) is 0 Å². The van der Waals surface area contributed by atoms with Gasteiger partial charge in [0, 0.05) is 23.2 Å². The molecular weight excluding hydrogens is 535 g/mol. The van der Waals surface area contributed by atoms with E-state index in [4.69, 9.17) is 28.9 Å². The summed E-state index contributed by atoms with van der Waals surface area (Å²) in [5.74, 6) is -0.878. The van der Waals surface area contributed by atoms with Crippen molar-refractivity contribution >= 4 is 52.3 Å². The average molecular weight is 566 g/mol. The second-order valence-electron chi connectivity index (χ2n) is 10.2. The van der Waals surface area contributed by atoms with Gasteiger partial charge in [-0.2, -0.15) is 0 Å². The normalized spacial score (nSPS) is 21.0. The third-order valence-corrected chi connectivity index (χ3v) is 8.21. The molecule has 1 aliphatic heterocycles. The van der Waals surface area contributed by atoms with Gasteiger partial charge in [-0.25, -0.2) is 0 Å². The number of nitrogens with two attached hydrogens (primary N) is 1. The molecule has 4 N–H and O–H groups in total. The number of halogens is 2. The molecule has 1 heterocycles. The lowest BCUT2D eigenvalue weighted by Gasteiger charge is -2.31. The number of hydrogen-bond donors (Lipinski definition) is 3. The second kappa shape index (κ2) is 11.4. The van der Waals surface area contributed by atoms with E-state index in [1.54, 1.807) is 35.2 Å². The van der Waals surface area contributed by atoms with Crippen LogP contribution in [0.2, 0.25) is 10.0 Å². The van der Waals surface area contributed by atoms with Crippen molar-refractivity contribution in [2.24, 2.45) is 5.73 Å². The molecular formula is C30H30Cl2N4O3. The van der Waals surface area contributed by atoms with Gasteiger partial charge in [0.15, 0.2) is 0 Å². The van der Waals surface area contributed by atoms with E-state index in [1.807, 2.05) is 31.2 Å². The summed E-state index contributed by atoms with van der Waals surface area (Å²) in [6.07, 6.45) is 3.81. The van der Waals surface area contributed by atoms with Gasteiger partial charge >= 0.3 is 0 Å². The SMILES string of the molecule is Cc1ccc(C2CC(=O)Nc3cc(C(=O)NC4CCCCC4N)ccc3N2C(=O)c2ccc(Cl)c(Cl)c2)cc1. The Morgan fingerprint density at radius 2 is 1.67 bits per heavy atom. The van der Waals surface area contributed by atoms with Crippen LogP contribution in [-0.2, 0) is 4.79 Å². The molecule has 5 rings (SSSR count). The number of aryl methyl sites for hydroxylation is 1. The molecule has 3 atom stereocenters. The minimum absolute atomic E-state index is 0.0310. The first-order valence-electron chi connectivity index (χ1n) is 13.1. The lowest BCUT2D eigenvalue weighted by Crippen LogP contribution is -2.49. The second-order valence-corrected chi connectivity index (χ2v) is 11.1. The van der Waals surface area contributed by atoms with Crippen molar-refractivity contribution in [1.82, 2.24) is 5.32 Å². The third-order valence-electron chi connectivity index (χ3n) is 7.47. The highest BCUT2D eigenvalue weighted by molar-refractivity contribution is 6.42. The number of nitrogens with zero attached hydrogens (tertiary/aromatic N) is 1. The van der Waals surface area contributed by atoms with E-state index in [-0.39, 0.29) is 41.2 Å². The van der Waals surface area contributed by atoms with E-state index >= 15 is 0 Å². The van der Waals surface area contributed by atoms with Crippen molar-refractivity contribution in [3.63, 3.8) is 0 Å². The van der Waals surface area contributed by atoms with Gasteiger partial charge in [-0.15, -0.1) is 0 Å². The van der Waals surface area contributed by atoms with Crippen LogP contribution in [0.15, 0.2) is 60.7 Å². The predicted molar refractivity (Wildman–Crippen MR) is 155 cm³/mol. The summed E-state index contributed by atoms with van der Waals surface area (Å²) in [4.78, 5) is 41.9. The molecule has 3 unspecified atom stereocenters. The van der Waals surface area contributed by atoms with Crippen LogP contribution in [0.5, 0.6) is 0 Å². The summed E-state index contributed by atoms with van der Waals surface area (Å²) < 4.78 is 0. The van der Waals surface area contributed by atoms with Crippen molar-refractivity contribution in [1.29, 1.82) is 0 Å². The van der Waals surface area contributed by atoms with Crippen molar-refractivity contribution in [2.45, 2.75) is 57.2 Å². The molecule has 0 radical (unpaired) electrons. The summed E-state index contributed by atoms with van der Waals surface area (Å²) >= 11 is 12.4. The predicted octanol–water partition coefficient (Wildman–Crippen LogP) is 6.03. The number of nitrogens with one attached hydrogen (secondary N) is 2. The van der Waals surface area contributed by atoms with E-state index in [9.17, 15) is 14.4 Å². The summed E-state index contributed by atoms with van der Waals surface area (Å²) in [5, 5.41) is 6.55. The van der Waals surface area contributed by atoms with Crippen LogP contribution in [0, 0.1) is 6.92 Å². The van der Waals surface area contributed by atoms with E-state index < -0.39 is 6.04 Å². The van der Waals surface area contributed by atoms with Crippen LogP contribution in [0.1, 0.15) is 70.0 Å². The highest BCUT2D eigenvalue weighted by Crippen LogP contribution is 2.40. The fourth-order valence-corrected chi connectivity index (χ4v) is 5.59. The number of carbonyl (C=O) groups excluding carboxylic acids is 3. The largest absolute Gasteiger partial charge is 0.348 e. The van der Waals surface area contributed by atoms with E-state index in [2.05, 4.69) is 10.6 Å². The molecule has 1 aliphatic carbocycles. The molecule has 3 aromatic rings. The molecule has 1 fully saturated rings. The van der Waals surface area contributed by atoms with Gasteiger partial charge in [0.25, 0.3) is 11.8 Å². The third kappa shape index (κ3) is 5.81. The Hall–Kier alpha value is -3.39. The summed E-state index contributed by atoms with van der Waals surface area (Å²) in [6, 6.07) is 16.6. The molecule has 0 bridgehead atoms. The van der Waals surface area contributed by atoms with Gasteiger partial charge in [-0.05, 0) is 61.7 Å². The van der Waals surface area contributed by atoms with Gasteiger partial charge in [0.2, 0.25) is 5.91 Å². The highest BCUT2D eigenvalue weighted by atomic mass is 35.5. The van der Waals surface area contributed by atoms with Crippen molar-refractivity contribution < 1.29 is 14.4 Å². The molecule has 2 aliphatic rings. The van der Waals surface area contributed by atoms with Gasteiger partial charge in [0.1, 0.15) is 0 Å². The highest BCUT2D eigenvalue weighted by Gasteiger charge is 2.35. The van der Waals surface area contributed by atoms with E-state index in [0.717, 1.165) is 36.8 Å². The van der Waals surface area contributed by atoms with E-state index in [0.29, 0.717) is 27.5 Å². The molecule has 7 nitrogen and oxygen atoms in total. The zero-order valence-electron chi connectivity index (χ0n) is 21.5. The van der Waals surface area contributed by atoms with Gasteiger partial charge in [-0.3, -0.25) is 19.3 Å². The maximum atomic E-state index is 14.0. The minimum Gasteiger partial charge on any atom is -0.348 e. The molecule has 1 saturated carbocycles. The number of carbonyl (C=O) groups is 3. The Morgan fingerprint density at radius 3 is 2.38 bits per heavy atom. The number of benzene rings is 3. The Labute approximate surface area is 237 Å². The molecule has 202 valence electrons.